The fourth-order valence-corrected chi connectivity index (χ4v) is 3.04. The maximum atomic E-state index is 12.5. The number of carbonyl (C=O) groups is 1. The number of hydrogen-bond donors (Lipinski definition) is 1. The van der Waals surface area contributed by atoms with Crippen molar-refractivity contribution in [1.82, 2.24) is 14.7 Å². The summed E-state index contributed by atoms with van der Waals surface area (Å²) in [6.07, 6.45) is 7.86. The van der Waals surface area contributed by atoms with E-state index in [2.05, 4.69) is 10.3 Å². The van der Waals surface area contributed by atoms with Gasteiger partial charge >= 0.3 is 0 Å². The second-order valence-electron chi connectivity index (χ2n) is 5.79. The Morgan fingerprint density at radius 2 is 2.05 bits per heavy atom. The number of rotatable bonds is 2. The van der Waals surface area contributed by atoms with Gasteiger partial charge in [0.1, 0.15) is 11.3 Å². The van der Waals surface area contributed by atoms with Crippen molar-refractivity contribution in [3.63, 3.8) is 0 Å². The molecule has 0 unspecified atom stereocenters. The van der Waals surface area contributed by atoms with E-state index in [1.54, 1.807) is 0 Å². The van der Waals surface area contributed by atoms with E-state index in [9.17, 15) is 4.79 Å². The molecule has 1 aliphatic carbocycles. The van der Waals surface area contributed by atoms with E-state index in [0.717, 1.165) is 29.7 Å². The Kier molecular flexibility index (Phi) is 3.47. The Bertz CT molecular complexity index is 638. The molecular weight excluding hydrogens is 250 g/mol. The van der Waals surface area contributed by atoms with Gasteiger partial charge in [0.25, 0.3) is 5.91 Å². The van der Waals surface area contributed by atoms with Crippen LogP contribution in [0.4, 0.5) is 0 Å². The van der Waals surface area contributed by atoms with Crippen LogP contribution in [0.2, 0.25) is 0 Å². The lowest BCUT2D eigenvalue weighted by molar-refractivity contribution is 0.0921. The third-order valence-electron chi connectivity index (χ3n) is 4.11. The molecule has 20 heavy (non-hydrogen) atoms. The van der Waals surface area contributed by atoms with Gasteiger partial charge < -0.3 is 5.32 Å². The molecule has 2 heterocycles. The van der Waals surface area contributed by atoms with Crippen LogP contribution in [0, 0.1) is 13.8 Å². The van der Waals surface area contributed by atoms with Gasteiger partial charge in [-0.25, -0.2) is 4.98 Å². The van der Waals surface area contributed by atoms with Crippen molar-refractivity contribution in [3.05, 3.63) is 35.3 Å². The number of nitrogens with zero attached hydrogens (tertiary/aromatic N) is 2. The predicted octanol–water partition coefficient (Wildman–Crippen LogP) is 3.01. The number of fused-ring (bicyclic) bond motifs is 1. The van der Waals surface area contributed by atoms with E-state index >= 15 is 0 Å². The van der Waals surface area contributed by atoms with Crippen molar-refractivity contribution in [2.24, 2.45) is 0 Å². The first-order chi connectivity index (χ1) is 9.65. The van der Waals surface area contributed by atoms with Crippen LogP contribution >= 0.6 is 0 Å². The smallest absolute Gasteiger partial charge is 0.270 e. The third-order valence-corrected chi connectivity index (χ3v) is 4.11. The molecule has 0 aromatic carbocycles. The largest absolute Gasteiger partial charge is 0.348 e. The van der Waals surface area contributed by atoms with Gasteiger partial charge in [-0.3, -0.25) is 9.20 Å². The molecule has 0 spiro atoms. The second kappa shape index (κ2) is 5.27. The summed E-state index contributed by atoms with van der Waals surface area (Å²) in [7, 11) is 0. The van der Waals surface area contributed by atoms with Gasteiger partial charge in [-0.05, 0) is 44.4 Å². The standard InChI is InChI=1S/C16H21N3O/c1-11-8-9-19-14(10-11)17-12(2)15(19)16(20)18-13-6-4-3-5-7-13/h8-10,13H,3-7H2,1-2H3,(H,18,20). The number of pyridine rings is 1. The van der Waals surface area contributed by atoms with E-state index in [0.29, 0.717) is 11.7 Å². The number of aryl methyl sites for hydroxylation is 2. The third kappa shape index (κ3) is 2.42. The number of aromatic nitrogens is 2. The molecule has 0 bridgehead atoms. The summed E-state index contributed by atoms with van der Waals surface area (Å²) >= 11 is 0. The van der Waals surface area contributed by atoms with Gasteiger partial charge in [0.15, 0.2) is 0 Å². The van der Waals surface area contributed by atoms with Crippen LogP contribution in [0.5, 0.6) is 0 Å². The zero-order chi connectivity index (χ0) is 14.1. The SMILES string of the molecule is Cc1ccn2c(C(=O)NC3CCCCC3)c(C)nc2c1. The van der Waals surface area contributed by atoms with Crippen molar-refractivity contribution in [2.75, 3.05) is 0 Å². The van der Waals surface area contributed by atoms with Crippen LogP contribution < -0.4 is 5.32 Å². The maximum absolute atomic E-state index is 12.5. The van der Waals surface area contributed by atoms with Crippen LogP contribution in [0.1, 0.15) is 53.8 Å². The molecule has 106 valence electrons. The molecule has 4 nitrogen and oxygen atoms in total. The predicted molar refractivity (Wildman–Crippen MR) is 79.0 cm³/mol. The highest BCUT2D eigenvalue weighted by atomic mass is 16.2. The number of hydrogen-bond acceptors (Lipinski definition) is 2. The van der Waals surface area contributed by atoms with Crippen molar-refractivity contribution in [2.45, 2.75) is 52.0 Å². The normalized spacial score (nSPS) is 16.5. The summed E-state index contributed by atoms with van der Waals surface area (Å²) < 4.78 is 1.89. The van der Waals surface area contributed by atoms with Gasteiger partial charge in [-0.2, -0.15) is 0 Å². The number of imidazole rings is 1. The molecule has 0 saturated heterocycles. The Morgan fingerprint density at radius 1 is 1.30 bits per heavy atom. The summed E-state index contributed by atoms with van der Waals surface area (Å²) in [6.45, 7) is 3.93. The highest BCUT2D eigenvalue weighted by Gasteiger charge is 2.21. The van der Waals surface area contributed by atoms with Gasteiger partial charge in [-0.1, -0.05) is 19.3 Å². The summed E-state index contributed by atoms with van der Waals surface area (Å²) in [6, 6.07) is 4.34. The van der Waals surface area contributed by atoms with Gasteiger partial charge in [0.2, 0.25) is 0 Å². The molecule has 0 radical (unpaired) electrons. The molecule has 1 N–H and O–H groups in total. The van der Waals surface area contributed by atoms with E-state index in [4.69, 9.17) is 0 Å². The molecular formula is C16H21N3O. The number of nitrogens with one attached hydrogen (secondary N) is 1. The van der Waals surface area contributed by atoms with E-state index < -0.39 is 0 Å². The van der Waals surface area contributed by atoms with E-state index in [1.165, 1.54) is 19.3 Å². The molecule has 1 amide bonds. The summed E-state index contributed by atoms with van der Waals surface area (Å²) in [5.74, 6) is 0.00533. The van der Waals surface area contributed by atoms with Crippen LogP contribution in [0.3, 0.4) is 0 Å². The van der Waals surface area contributed by atoms with E-state index in [-0.39, 0.29) is 5.91 Å². The summed E-state index contributed by atoms with van der Waals surface area (Å²) in [5, 5.41) is 3.17. The lowest BCUT2D eigenvalue weighted by Gasteiger charge is -2.22. The zero-order valence-corrected chi connectivity index (χ0v) is 12.1. The molecule has 0 atom stereocenters. The Balaban J connectivity index is 1.88. The minimum absolute atomic E-state index is 0.00533. The molecule has 3 rings (SSSR count). The highest BCUT2D eigenvalue weighted by Crippen LogP contribution is 2.19. The van der Waals surface area contributed by atoms with Gasteiger partial charge in [-0.15, -0.1) is 0 Å². The average Bonchev–Trinajstić information content (AvgIpc) is 2.74. The van der Waals surface area contributed by atoms with Crippen LogP contribution in [0.25, 0.3) is 5.65 Å². The molecule has 4 heteroatoms. The van der Waals surface area contributed by atoms with Crippen LogP contribution in [-0.2, 0) is 0 Å². The molecule has 0 aliphatic heterocycles. The Hall–Kier alpha value is -1.84. The first-order valence-corrected chi connectivity index (χ1v) is 7.41. The maximum Gasteiger partial charge on any atom is 0.270 e. The Morgan fingerprint density at radius 3 is 2.80 bits per heavy atom. The fraction of sp³-hybridized carbons (Fsp3) is 0.500. The molecule has 1 aliphatic rings. The zero-order valence-electron chi connectivity index (χ0n) is 12.1. The lowest BCUT2D eigenvalue weighted by atomic mass is 9.95. The van der Waals surface area contributed by atoms with Crippen LogP contribution in [-0.4, -0.2) is 21.3 Å². The molecule has 1 fully saturated rings. The van der Waals surface area contributed by atoms with Crippen molar-refractivity contribution in [1.29, 1.82) is 0 Å². The van der Waals surface area contributed by atoms with Crippen molar-refractivity contribution in [3.8, 4) is 0 Å². The fourth-order valence-electron chi connectivity index (χ4n) is 3.04. The topological polar surface area (TPSA) is 46.4 Å². The van der Waals surface area contributed by atoms with Gasteiger partial charge in [0, 0.05) is 12.2 Å². The van der Waals surface area contributed by atoms with Gasteiger partial charge in [0.05, 0.1) is 5.69 Å². The second-order valence-corrected chi connectivity index (χ2v) is 5.79. The average molecular weight is 271 g/mol. The molecule has 2 aromatic rings. The minimum Gasteiger partial charge on any atom is -0.348 e. The first-order valence-electron chi connectivity index (χ1n) is 7.41. The number of amides is 1. The highest BCUT2D eigenvalue weighted by molar-refractivity contribution is 5.94. The minimum atomic E-state index is 0.00533. The van der Waals surface area contributed by atoms with Crippen LogP contribution in [0.15, 0.2) is 18.3 Å². The van der Waals surface area contributed by atoms with Crippen molar-refractivity contribution >= 4 is 11.6 Å². The summed E-state index contributed by atoms with van der Waals surface area (Å²) in [5.41, 5.74) is 3.47. The van der Waals surface area contributed by atoms with Crippen molar-refractivity contribution < 1.29 is 4.79 Å². The first kappa shape index (κ1) is 13.2. The Labute approximate surface area is 119 Å². The molecule has 2 aromatic heterocycles. The molecule has 1 saturated carbocycles. The number of carbonyl (C=O) groups excluding carboxylic acids is 1. The van der Waals surface area contributed by atoms with E-state index in [1.807, 2.05) is 36.6 Å². The lowest BCUT2D eigenvalue weighted by Crippen LogP contribution is -2.37. The monoisotopic (exact) mass is 271 g/mol. The quantitative estimate of drug-likeness (QED) is 0.912. The summed E-state index contributed by atoms with van der Waals surface area (Å²) in [4.78, 5) is 17.0.